The van der Waals surface area contributed by atoms with Crippen LogP contribution in [-0.4, -0.2) is 27.7 Å². The number of phenolic OH excluding ortho intramolecular Hbond substituents is 1. The Hall–Kier alpha value is -2.12. The van der Waals surface area contributed by atoms with Gasteiger partial charge in [0.25, 0.3) is 0 Å². The Morgan fingerprint density at radius 1 is 1.07 bits per heavy atom. The first-order chi connectivity index (χ1) is 14.0. The summed E-state index contributed by atoms with van der Waals surface area (Å²) in [7, 11) is -3.24. The molecular weight excluding hydrogens is 539 g/mol. The number of rotatable bonds is 6. The van der Waals surface area contributed by atoms with Gasteiger partial charge in [-0.3, -0.25) is 4.57 Å². The van der Waals surface area contributed by atoms with Gasteiger partial charge in [-0.2, -0.15) is 0 Å². The number of para-hydroxylation sites is 1. The molecule has 0 fully saturated rings. The largest absolute Gasteiger partial charge is 0.507 e. The Labute approximate surface area is 189 Å². The molecule has 1 unspecified atom stereocenters. The van der Waals surface area contributed by atoms with Crippen LogP contribution in [0, 0.1) is 0 Å². The summed E-state index contributed by atoms with van der Waals surface area (Å²) in [6.45, 7) is 1.29. The number of hydrogen-bond donors (Lipinski definition) is 3. The fourth-order valence-electron chi connectivity index (χ4n) is 2.91. The molecule has 0 amide bonds. The van der Waals surface area contributed by atoms with E-state index in [9.17, 15) is 24.5 Å². The van der Waals surface area contributed by atoms with Crippen LogP contribution < -0.4 is 4.74 Å². The molecule has 3 aromatic rings. The molecule has 3 aromatic carbocycles. The quantitative estimate of drug-likeness (QED) is 0.301. The van der Waals surface area contributed by atoms with E-state index in [0.717, 1.165) is 0 Å². The third kappa shape index (κ3) is 5.52. The van der Waals surface area contributed by atoms with Crippen molar-refractivity contribution < 1.29 is 29.2 Å². The molecule has 3 N–H and O–H groups in total. The Balaban J connectivity index is 2.04. The van der Waals surface area contributed by atoms with Gasteiger partial charge in [0.15, 0.2) is 5.75 Å². The Morgan fingerprint density at radius 2 is 1.70 bits per heavy atom. The van der Waals surface area contributed by atoms with E-state index in [1.165, 1.54) is 24.9 Å². The maximum Gasteiger partial charge on any atom is 0.335 e. The smallest absolute Gasteiger partial charge is 0.335 e. The minimum Gasteiger partial charge on any atom is -0.507 e. The van der Waals surface area contributed by atoms with E-state index in [4.69, 9.17) is 4.74 Å². The fraction of sp³-hybridized carbons (Fsp3) is 0.0952. The maximum absolute atomic E-state index is 11.7. The highest BCUT2D eigenvalue weighted by molar-refractivity contribution is 9.11. The van der Waals surface area contributed by atoms with Crippen molar-refractivity contribution in [1.29, 1.82) is 0 Å². The predicted octanol–water partition coefficient (Wildman–Crippen LogP) is 6.47. The summed E-state index contributed by atoms with van der Waals surface area (Å²) in [6, 6.07) is 14.4. The van der Waals surface area contributed by atoms with Crippen molar-refractivity contribution >= 4 is 45.2 Å². The number of carboxylic acid groups (broad SMARTS) is 1. The Kier molecular flexibility index (Phi) is 6.72. The second-order valence-electron chi connectivity index (χ2n) is 6.77. The molecule has 3 rings (SSSR count). The molecule has 0 saturated carbocycles. The van der Waals surface area contributed by atoms with E-state index in [1.54, 1.807) is 36.4 Å². The van der Waals surface area contributed by atoms with E-state index in [-0.39, 0.29) is 23.2 Å². The molecule has 156 valence electrons. The van der Waals surface area contributed by atoms with Gasteiger partial charge in [-0.15, -0.1) is 0 Å². The van der Waals surface area contributed by atoms with Crippen molar-refractivity contribution in [2.45, 2.75) is 6.16 Å². The first-order valence-corrected chi connectivity index (χ1v) is 12.5. The second-order valence-corrected chi connectivity index (χ2v) is 10.9. The van der Waals surface area contributed by atoms with Crippen LogP contribution in [0.15, 0.2) is 63.5 Å². The molecule has 0 bridgehead atoms. The monoisotopic (exact) mass is 554 g/mol. The highest BCUT2D eigenvalue weighted by Crippen LogP contribution is 2.44. The van der Waals surface area contributed by atoms with E-state index in [1.807, 2.05) is 0 Å². The van der Waals surface area contributed by atoms with Crippen molar-refractivity contribution in [3.8, 4) is 28.4 Å². The van der Waals surface area contributed by atoms with Gasteiger partial charge in [-0.1, -0.05) is 18.2 Å². The van der Waals surface area contributed by atoms with Crippen molar-refractivity contribution in [3.05, 3.63) is 74.7 Å². The topological polar surface area (TPSA) is 104 Å². The molecule has 9 heteroatoms. The van der Waals surface area contributed by atoms with E-state index < -0.39 is 13.3 Å². The molecule has 0 heterocycles. The Morgan fingerprint density at radius 3 is 2.27 bits per heavy atom. The minimum absolute atomic E-state index is 0.00169. The number of carboxylic acids is 1. The van der Waals surface area contributed by atoms with Crippen LogP contribution in [0.3, 0.4) is 0 Å². The number of aromatic hydroxyl groups is 1. The van der Waals surface area contributed by atoms with Gasteiger partial charge in [-0.25, -0.2) is 4.79 Å². The third-order valence-corrected chi connectivity index (χ3v) is 6.25. The molecule has 0 spiro atoms. The highest BCUT2D eigenvalue weighted by Gasteiger charge is 2.17. The van der Waals surface area contributed by atoms with E-state index in [0.29, 0.717) is 31.4 Å². The molecule has 0 aliphatic rings. The summed E-state index contributed by atoms with van der Waals surface area (Å²) in [5.74, 6) is -0.475. The van der Waals surface area contributed by atoms with Gasteiger partial charge in [0.05, 0.1) is 14.5 Å². The van der Waals surface area contributed by atoms with Gasteiger partial charge in [-0.05, 0) is 79.4 Å². The molecule has 0 aliphatic carbocycles. The van der Waals surface area contributed by atoms with Crippen molar-refractivity contribution in [2.24, 2.45) is 0 Å². The van der Waals surface area contributed by atoms with Crippen LogP contribution in [0.4, 0.5) is 0 Å². The number of aromatic carboxylic acids is 1. The van der Waals surface area contributed by atoms with Crippen LogP contribution in [0.5, 0.6) is 17.2 Å². The zero-order chi connectivity index (χ0) is 22.1. The number of hydrogen-bond acceptors (Lipinski definition) is 4. The van der Waals surface area contributed by atoms with Crippen LogP contribution in [0.25, 0.3) is 11.1 Å². The summed E-state index contributed by atoms with van der Waals surface area (Å²) < 4.78 is 18.7. The van der Waals surface area contributed by atoms with Crippen LogP contribution in [-0.2, 0) is 10.7 Å². The fourth-order valence-corrected chi connectivity index (χ4v) is 5.22. The van der Waals surface area contributed by atoms with Crippen LogP contribution >= 0.6 is 39.2 Å². The number of halogens is 2. The van der Waals surface area contributed by atoms with Gasteiger partial charge >= 0.3 is 5.97 Å². The molecule has 0 radical (unpaired) electrons. The minimum atomic E-state index is -3.24. The summed E-state index contributed by atoms with van der Waals surface area (Å²) in [4.78, 5) is 21.2. The first kappa shape index (κ1) is 22.6. The molecule has 0 aliphatic heterocycles. The molecule has 6 nitrogen and oxygen atoms in total. The molecular formula is C21H17Br2O6P. The number of benzene rings is 3. The van der Waals surface area contributed by atoms with Crippen molar-refractivity contribution in [2.75, 3.05) is 6.66 Å². The normalized spacial score (nSPS) is 12.9. The molecule has 0 saturated heterocycles. The molecule has 30 heavy (non-hydrogen) atoms. The zero-order valence-corrected chi connectivity index (χ0v) is 19.7. The highest BCUT2D eigenvalue weighted by atomic mass is 79.9. The lowest BCUT2D eigenvalue weighted by Crippen LogP contribution is -1.98. The van der Waals surface area contributed by atoms with Gasteiger partial charge in [0.2, 0.25) is 7.37 Å². The van der Waals surface area contributed by atoms with E-state index >= 15 is 0 Å². The molecule has 0 aromatic heterocycles. The lowest BCUT2D eigenvalue weighted by Gasteiger charge is -2.15. The van der Waals surface area contributed by atoms with Gasteiger partial charge in [0.1, 0.15) is 11.5 Å². The van der Waals surface area contributed by atoms with Crippen LogP contribution in [0.2, 0.25) is 0 Å². The van der Waals surface area contributed by atoms with Crippen molar-refractivity contribution in [3.63, 3.8) is 0 Å². The predicted molar refractivity (Wildman–Crippen MR) is 122 cm³/mol. The number of phenols is 1. The zero-order valence-electron chi connectivity index (χ0n) is 15.7. The third-order valence-electron chi connectivity index (χ3n) is 4.12. The standard InChI is InChI=1S/C21H17Br2O6P/c1-30(27,28)11-12-6-17(22)20(18(23)7-12)29-15-9-13(8-14(10-15)21(25)26)16-4-2-3-5-19(16)24/h2-10,24H,11H2,1H3,(H,25,26)(H,27,28). The lowest BCUT2D eigenvalue weighted by molar-refractivity contribution is 0.0696. The molecule has 1 atom stereocenters. The second kappa shape index (κ2) is 8.94. The van der Waals surface area contributed by atoms with Crippen LogP contribution in [0.1, 0.15) is 15.9 Å². The average Bonchev–Trinajstić information content (AvgIpc) is 2.63. The lowest BCUT2D eigenvalue weighted by atomic mass is 10.0. The summed E-state index contributed by atoms with van der Waals surface area (Å²) in [6.07, 6.45) is 0.0103. The number of carbonyl (C=O) groups is 1. The number of ether oxygens (including phenoxy) is 1. The van der Waals surface area contributed by atoms with Gasteiger partial charge in [0, 0.05) is 18.4 Å². The first-order valence-electron chi connectivity index (χ1n) is 8.65. The van der Waals surface area contributed by atoms with Gasteiger partial charge < -0.3 is 19.8 Å². The van der Waals surface area contributed by atoms with Crippen molar-refractivity contribution in [1.82, 2.24) is 0 Å². The summed E-state index contributed by atoms with van der Waals surface area (Å²) in [5, 5.41) is 19.6. The Bertz CT molecular complexity index is 1150. The summed E-state index contributed by atoms with van der Waals surface area (Å²) in [5.41, 5.74) is 1.60. The van der Waals surface area contributed by atoms with E-state index in [2.05, 4.69) is 31.9 Å². The average molecular weight is 556 g/mol. The SMILES string of the molecule is CP(=O)(O)Cc1cc(Br)c(Oc2cc(C(=O)O)cc(-c3ccccc3O)c2)c(Br)c1. The summed E-state index contributed by atoms with van der Waals surface area (Å²) >= 11 is 6.81. The maximum atomic E-state index is 11.7.